The first kappa shape index (κ1) is 33.1. The fraction of sp³-hybridized carbons (Fsp3) is 0.130. The average Bonchev–Trinajstić information content (AvgIpc) is 4.02. The molecule has 0 atom stereocenters. The van der Waals surface area contributed by atoms with Crippen LogP contribution in [-0.2, 0) is 31.9 Å². The van der Waals surface area contributed by atoms with Crippen LogP contribution in [0.3, 0.4) is 0 Å². The number of pyridine rings is 1. The third-order valence-corrected chi connectivity index (χ3v) is 12.3. The topological polar surface area (TPSA) is 75.2 Å². The number of benzene rings is 5. The smallest absolute Gasteiger partial charge is 0.331 e. The Labute approximate surface area is 335 Å². The second-order valence-corrected chi connectivity index (χ2v) is 15.6. The van der Waals surface area contributed by atoms with E-state index in [-0.39, 0.29) is 31.9 Å². The van der Waals surface area contributed by atoms with Crippen LogP contribution in [0.25, 0.3) is 84.0 Å². The summed E-state index contributed by atoms with van der Waals surface area (Å²) in [5, 5.41) is 5.07. The first-order valence-corrected chi connectivity index (χ1v) is 18.6. The van der Waals surface area contributed by atoms with Crippen LogP contribution in [0.1, 0.15) is 39.0 Å². The molecule has 0 bridgehead atoms. The molecule has 0 spiro atoms. The zero-order valence-electron chi connectivity index (χ0n) is 31.0. The summed E-state index contributed by atoms with van der Waals surface area (Å²) >= 11 is 0. The zero-order valence-corrected chi connectivity index (χ0v) is 33.2. The molecule has 0 saturated carbocycles. The van der Waals surface area contributed by atoms with Crippen LogP contribution in [0.15, 0.2) is 128 Å². The van der Waals surface area contributed by atoms with Gasteiger partial charge in [0, 0.05) is 17.2 Å². The van der Waals surface area contributed by atoms with Crippen molar-refractivity contribution >= 4 is 55.7 Å². The SMILES string of the molecule is CC1(C)c2ccc(-n3c4[c-]c5c(cc4n4c6ccccc6nc34)n3c4ccccc4nc3n5-c3ccccn3)[c-]c2-n2ncc(-c3ccccc3)c2C1(C)C.[Pt+2]. The number of fused-ring (bicyclic) bond motifs is 13. The van der Waals surface area contributed by atoms with E-state index in [2.05, 4.69) is 147 Å². The van der Waals surface area contributed by atoms with Gasteiger partial charge >= 0.3 is 21.1 Å². The second-order valence-electron chi connectivity index (χ2n) is 15.6. The summed E-state index contributed by atoms with van der Waals surface area (Å²) < 4.78 is 10.9. The van der Waals surface area contributed by atoms with Crippen molar-refractivity contribution in [3.8, 4) is 28.3 Å². The first-order valence-electron chi connectivity index (χ1n) is 18.6. The largest absolute Gasteiger partial charge is 2.00 e. The Morgan fingerprint density at radius 1 is 0.589 bits per heavy atom. The van der Waals surface area contributed by atoms with Gasteiger partial charge in [-0.15, -0.1) is 29.8 Å². The number of hydrogen-bond acceptors (Lipinski definition) is 4. The molecule has 12 rings (SSSR count). The third-order valence-electron chi connectivity index (χ3n) is 12.3. The second kappa shape index (κ2) is 11.4. The molecule has 5 aromatic carbocycles. The maximum atomic E-state index is 5.26. The first-order chi connectivity index (χ1) is 26.8. The van der Waals surface area contributed by atoms with Crippen LogP contribution in [0, 0.1) is 12.1 Å². The minimum atomic E-state index is -0.233. The summed E-state index contributed by atoms with van der Waals surface area (Å²) in [6, 6.07) is 47.6. The molecular weight excluding hydrogens is 874 g/mol. The Kier molecular flexibility index (Phi) is 6.71. The summed E-state index contributed by atoms with van der Waals surface area (Å²) in [6.45, 7) is 9.34. The monoisotopic (exact) mass is 906 g/mol. The summed E-state index contributed by atoms with van der Waals surface area (Å²) in [5.74, 6) is 2.34. The predicted molar refractivity (Wildman–Crippen MR) is 217 cm³/mol. The molecule has 0 unspecified atom stereocenters. The van der Waals surface area contributed by atoms with Gasteiger partial charge < -0.3 is 13.4 Å². The maximum absolute atomic E-state index is 5.26. The van der Waals surface area contributed by atoms with Crippen LogP contribution >= 0.6 is 0 Å². The summed E-state index contributed by atoms with van der Waals surface area (Å²) in [5.41, 5.74) is 13.6. The quantitative estimate of drug-likeness (QED) is 0.166. The van der Waals surface area contributed by atoms with Gasteiger partial charge in [0.2, 0.25) is 11.6 Å². The molecule has 1 aliphatic rings. The number of hydrogen-bond donors (Lipinski definition) is 0. The van der Waals surface area contributed by atoms with Crippen molar-refractivity contribution in [1.82, 2.24) is 42.7 Å². The molecule has 6 aromatic heterocycles. The van der Waals surface area contributed by atoms with Gasteiger partial charge in [0.25, 0.3) is 0 Å². The number of para-hydroxylation sites is 4. The minimum Gasteiger partial charge on any atom is -0.331 e. The maximum Gasteiger partial charge on any atom is 2.00 e. The van der Waals surface area contributed by atoms with Crippen molar-refractivity contribution in [2.45, 2.75) is 38.5 Å². The summed E-state index contributed by atoms with van der Waals surface area (Å²) in [7, 11) is 0. The van der Waals surface area contributed by atoms with Crippen molar-refractivity contribution in [1.29, 1.82) is 0 Å². The van der Waals surface area contributed by atoms with E-state index in [1.807, 2.05) is 42.7 Å². The average molecular weight is 907 g/mol. The molecule has 56 heavy (non-hydrogen) atoms. The van der Waals surface area contributed by atoms with Crippen LogP contribution in [0.4, 0.5) is 0 Å². The number of aromatic nitrogens is 9. The van der Waals surface area contributed by atoms with Crippen LogP contribution < -0.4 is 0 Å². The number of nitrogens with zero attached hydrogens (tertiary/aromatic N) is 9. The molecule has 10 heteroatoms. The van der Waals surface area contributed by atoms with Gasteiger partial charge in [-0.3, -0.25) is 9.25 Å². The molecule has 272 valence electrons. The van der Waals surface area contributed by atoms with Crippen molar-refractivity contribution in [3.63, 3.8) is 0 Å². The fourth-order valence-corrected chi connectivity index (χ4v) is 8.98. The van der Waals surface area contributed by atoms with E-state index >= 15 is 0 Å². The predicted octanol–water partition coefficient (Wildman–Crippen LogP) is 9.59. The van der Waals surface area contributed by atoms with Crippen LogP contribution in [0.5, 0.6) is 0 Å². The van der Waals surface area contributed by atoms with E-state index in [1.54, 1.807) is 0 Å². The van der Waals surface area contributed by atoms with Crippen LogP contribution in [0.2, 0.25) is 0 Å². The third kappa shape index (κ3) is 4.13. The van der Waals surface area contributed by atoms with Crippen molar-refractivity contribution in [2.75, 3.05) is 0 Å². The van der Waals surface area contributed by atoms with Crippen molar-refractivity contribution in [3.05, 3.63) is 151 Å². The Bertz CT molecular complexity index is 3380. The molecule has 0 fully saturated rings. The Morgan fingerprint density at radius 3 is 1.89 bits per heavy atom. The number of imidazole rings is 4. The van der Waals surface area contributed by atoms with E-state index < -0.39 is 0 Å². The van der Waals surface area contributed by atoms with Crippen LogP contribution in [-0.4, -0.2) is 42.7 Å². The van der Waals surface area contributed by atoms with E-state index in [1.165, 1.54) is 11.3 Å². The standard InChI is InChI=1S/C46H33N9.Pt/c1-45(2)31-22-21-29(24-36(31)55-42(46(45,3)4)30(27-48-55)28-14-6-5-7-15-28)51-37-25-40-39(26-38(37)52-34-18-10-8-16-32(34)49-43(51)52)53-35-19-11-9-17-33(35)50-44(53)54(40)41-20-12-13-23-47-41;/h5-23,26-27H,1-4H3;/q-2;+2. The number of rotatable bonds is 3. The van der Waals surface area contributed by atoms with Gasteiger partial charge in [0.15, 0.2) is 0 Å². The Balaban J connectivity index is 0.00000363. The molecule has 0 aliphatic carbocycles. The fourth-order valence-electron chi connectivity index (χ4n) is 8.98. The van der Waals surface area contributed by atoms with E-state index in [0.717, 1.165) is 84.0 Å². The minimum absolute atomic E-state index is 0. The van der Waals surface area contributed by atoms with Gasteiger partial charge in [-0.25, -0.2) is 15.0 Å². The van der Waals surface area contributed by atoms with Crippen molar-refractivity contribution in [2.24, 2.45) is 0 Å². The molecule has 7 heterocycles. The van der Waals surface area contributed by atoms with Gasteiger partial charge in [-0.05, 0) is 75.1 Å². The molecule has 0 saturated heterocycles. The Morgan fingerprint density at radius 2 is 1.21 bits per heavy atom. The molecule has 9 nitrogen and oxygen atoms in total. The van der Waals surface area contributed by atoms with Gasteiger partial charge in [0.1, 0.15) is 5.82 Å². The molecule has 0 amide bonds. The van der Waals surface area contributed by atoms with E-state index in [0.29, 0.717) is 0 Å². The molecule has 11 aromatic rings. The van der Waals surface area contributed by atoms with Crippen molar-refractivity contribution < 1.29 is 21.1 Å². The van der Waals surface area contributed by atoms with Gasteiger partial charge in [0.05, 0.1) is 34.0 Å². The molecule has 1 aliphatic heterocycles. The summed E-state index contributed by atoms with van der Waals surface area (Å²) in [4.78, 5) is 15.2. The molecular formula is C46H33N9Pt. The zero-order chi connectivity index (χ0) is 36.8. The molecule has 0 N–H and O–H groups in total. The van der Waals surface area contributed by atoms with Gasteiger partial charge in [-0.1, -0.05) is 94.0 Å². The summed E-state index contributed by atoms with van der Waals surface area (Å²) in [6.07, 6.45) is 3.83. The van der Waals surface area contributed by atoms with Gasteiger partial charge in [-0.2, -0.15) is 11.2 Å². The Hall–Kier alpha value is -6.31. The van der Waals surface area contributed by atoms with E-state index in [9.17, 15) is 0 Å². The molecule has 0 radical (unpaired) electrons. The van der Waals surface area contributed by atoms with E-state index in [4.69, 9.17) is 20.1 Å². The normalized spacial score (nSPS) is 14.6.